The number of carbonyl (C=O) groups excluding carboxylic acids is 1. The number of amides is 1. The molecule has 0 heterocycles. The van der Waals surface area contributed by atoms with Crippen LogP contribution in [0.15, 0.2) is 122 Å². The first kappa shape index (κ1) is 59.8. The summed E-state index contributed by atoms with van der Waals surface area (Å²) in [5.74, 6) is -0.0733. The fraction of sp³-hybridized carbons (Fsp3) is 0.644. The molecule has 0 saturated carbocycles. The first-order valence-electron chi connectivity index (χ1n) is 26.2. The van der Waals surface area contributed by atoms with Crippen LogP contribution in [0.25, 0.3) is 0 Å². The van der Waals surface area contributed by atoms with E-state index in [1.807, 2.05) is 6.08 Å². The summed E-state index contributed by atoms with van der Waals surface area (Å²) < 4.78 is 0. The molecule has 3 N–H and O–H groups in total. The lowest BCUT2D eigenvalue weighted by Crippen LogP contribution is -2.45. The smallest absolute Gasteiger partial charge is 0.220 e. The summed E-state index contributed by atoms with van der Waals surface area (Å²) in [5.41, 5.74) is 0. The molecule has 1 amide bonds. The Hall–Kier alpha value is -3.21. The van der Waals surface area contributed by atoms with E-state index in [0.717, 1.165) is 83.5 Å². The number of hydrogen-bond donors (Lipinski definition) is 3. The molecular formula is C59H99NO3. The summed E-state index contributed by atoms with van der Waals surface area (Å²) in [5, 5.41) is 23.0. The zero-order chi connectivity index (χ0) is 45.6. The van der Waals surface area contributed by atoms with E-state index in [1.54, 1.807) is 6.08 Å². The van der Waals surface area contributed by atoms with Gasteiger partial charge in [0.1, 0.15) is 0 Å². The molecule has 2 unspecified atom stereocenters. The number of rotatable bonds is 46. The highest BCUT2D eigenvalue weighted by atomic mass is 16.3. The molecule has 4 nitrogen and oxygen atoms in total. The van der Waals surface area contributed by atoms with Crippen LogP contribution in [0, 0.1) is 0 Å². The lowest BCUT2D eigenvalue weighted by Gasteiger charge is -2.20. The molecule has 0 aliphatic carbocycles. The van der Waals surface area contributed by atoms with Crippen molar-refractivity contribution in [3.8, 4) is 0 Å². The number of aliphatic hydroxyl groups is 2. The van der Waals surface area contributed by atoms with Gasteiger partial charge in [0.05, 0.1) is 18.8 Å². The predicted molar refractivity (Wildman–Crippen MR) is 280 cm³/mol. The van der Waals surface area contributed by atoms with Crippen LogP contribution in [-0.2, 0) is 4.79 Å². The molecular weight excluding hydrogens is 771 g/mol. The topological polar surface area (TPSA) is 69.6 Å². The van der Waals surface area contributed by atoms with Gasteiger partial charge >= 0.3 is 0 Å². The van der Waals surface area contributed by atoms with Crippen LogP contribution < -0.4 is 5.32 Å². The highest BCUT2D eigenvalue weighted by Gasteiger charge is 2.18. The molecule has 0 rings (SSSR count). The van der Waals surface area contributed by atoms with Crippen LogP contribution in [0.3, 0.4) is 0 Å². The first-order chi connectivity index (χ1) is 31.2. The van der Waals surface area contributed by atoms with Gasteiger partial charge in [-0.3, -0.25) is 4.79 Å². The number of carbonyl (C=O) groups is 1. The Morgan fingerprint density at radius 2 is 0.698 bits per heavy atom. The number of nitrogens with one attached hydrogen (secondary N) is 1. The third-order valence-electron chi connectivity index (χ3n) is 11.2. The highest BCUT2D eigenvalue weighted by molar-refractivity contribution is 5.76. The van der Waals surface area contributed by atoms with Crippen LogP contribution >= 0.6 is 0 Å². The van der Waals surface area contributed by atoms with Gasteiger partial charge in [-0.05, 0) is 89.9 Å². The lowest BCUT2D eigenvalue weighted by atomic mass is 10.0. The van der Waals surface area contributed by atoms with Gasteiger partial charge in [-0.15, -0.1) is 0 Å². The molecule has 358 valence electrons. The molecule has 0 bridgehead atoms. The SMILES string of the molecule is CC/C=C\C/C=C\C/C=C\C/C=C\C/C=C\C/C=C\C/C=C\C/C=C\C/C=C\CCCCCCCCCCCCCC(=O)NC(CO)C(O)/C=C/CCCCCCCCCCCC. The number of hydrogen-bond acceptors (Lipinski definition) is 3. The molecule has 0 saturated heterocycles. The Balaban J connectivity index is 3.59. The van der Waals surface area contributed by atoms with Gasteiger partial charge in [-0.1, -0.05) is 251 Å². The van der Waals surface area contributed by atoms with Gasteiger partial charge in [0.15, 0.2) is 0 Å². The van der Waals surface area contributed by atoms with E-state index < -0.39 is 12.1 Å². The number of allylic oxidation sites excluding steroid dienone is 19. The molecule has 0 aliphatic rings. The third kappa shape index (κ3) is 49.7. The van der Waals surface area contributed by atoms with E-state index in [4.69, 9.17) is 0 Å². The van der Waals surface area contributed by atoms with Gasteiger partial charge in [-0.25, -0.2) is 0 Å². The van der Waals surface area contributed by atoms with Crippen LogP contribution in [0.2, 0.25) is 0 Å². The van der Waals surface area contributed by atoms with Gasteiger partial charge in [0, 0.05) is 6.42 Å². The van der Waals surface area contributed by atoms with E-state index >= 15 is 0 Å². The van der Waals surface area contributed by atoms with Gasteiger partial charge in [0.25, 0.3) is 0 Å². The Morgan fingerprint density at radius 1 is 0.397 bits per heavy atom. The van der Waals surface area contributed by atoms with Gasteiger partial charge < -0.3 is 15.5 Å². The van der Waals surface area contributed by atoms with Crippen LogP contribution in [-0.4, -0.2) is 34.9 Å². The Labute approximate surface area is 390 Å². The molecule has 4 heteroatoms. The lowest BCUT2D eigenvalue weighted by molar-refractivity contribution is -0.123. The van der Waals surface area contributed by atoms with Crippen molar-refractivity contribution in [1.29, 1.82) is 0 Å². The minimum atomic E-state index is -0.846. The molecule has 0 radical (unpaired) electrons. The van der Waals surface area contributed by atoms with Crippen molar-refractivity contribution >= 4 is 5.91 Å². The second-order valence-corrected chi connectivity index (χ2v) is 17.2. The second-order valence-electron chi connectivity index (χ2n) is 17.2. The van der Waals surface area contributed by atoms with Crippen LogP contribution in [0.1, 0.15) is 226 Å². The number of unbranched alkanes of at least 4 members (excludes halogenated alkanes) is 21. The van der Waals surface area contributed by atoms with Gasteiger partial charge in [-0.2, -0.15) is 0 Å². The summed E-state index contributed by atoms with van der Waals surface area (Å²) in [7, 11) is 0. The quantitative estimate of drug-likeness (QED) is 0.0422. The molecule has 0 aromatic rings. The van der Waals surface area contributed by atoms with Crippen LogP contribution in [0.4, 0.5) is 0 Å². The molecule has 2 atom stereocenters. The standard InChI is InChI=1S/C59H99NO3/c1-3-5-7-9-11-13-15-17-18-19-20-21-22-23-24-25-26-27-28-29-30-31-32-33-34-35-36-37-38-39-40-41-42-43-45-47-49-51-53-55-59(63)60-57(56-61)58(62)54-52-50-48-46-44-16-14-12-10-8-6-4-2/h5,7,11,13,17-18,20-21,23-24,26-27,29-30,32-33,35-36,52,54,57-58,61-62H,3-4,6,8-10,12,14-16,19,22,25,28,31,34,37-51,53,55-56H2,1-2H3,(H,60,63)/b7-5-,13-11-,18-17-,21-20-,24-23-,27-26-,30-29-,33-32-,36-35-,54-52+. The summed E-state index contributed by atoms with van der Waals surface area (Å²) in [6.07, 6.45) is 81.9. The summed E-state index contributed by atoms with van der Waals surface area (Å²) in [4.78, 5) is 12.4. The third-order valence-corrected chi connectivity index (χ3v) is 11.2. The maximum atomic E-state index is 12.4. The van der Waals surface area contributed by atoms with Gasteiger partial charge in [0.2, 0.25) is 5.91 Å². The minimum absolute atomic E-state index is 0.0733. The highest BCUT2D eigenvalue weighted by Crippen LogP contribution is 2.14. The van der Waals surface area contributed by atoms with Crippen molar-refractivity contribution in [2.45, 2.75) is 238 Å². The van der Waals surface area contributed by atoms with Crippen LogP contribution in [0.5, 0.6) is 0 Å². The van der Waals surface area contributed by atoms with Crippen molar-refractivity contribution in [3.63, 3.8) is 0 Å². The Bertz CT molecular complexity index is 1260. The summed E-state index contributed by atoms with van der Waals surface area (Å²) in [6, 6.07) is -0.630. The second kappa shape index (κ2) is 53.1. The van der Waals surface area contributed by atoms with E-state index in [1.165, 1.54) is 122 Å². The van der Waals surface area contributed by atoms with E-state index in [2.05, 4.69) is 129 Å². The van der Waals surface area contributed by atoms with E-state index in [-0.39, 0.29) is 12.5 Å². The first-order valence-corrected chi connectivity index (χ1v) is 26.2. The Morgan fingerprint density at radius 3 is 1.05 bits per heavy atom. The van der Waals surface area contributed by atoms with E-state index in [0.29, 0.717) is 6.42 Å². The molecule has 63 heavy (non-hydrogen) atoms. The largest absolute Gasteiger partial charge is 0.394 e. The normalized spacial score (nSPS) is 13.9. The predicted octanol–water partition coefficient (Wildman–Crippen LogP) is 17.3. The fourth-order valence-electron chi connectivity index (χ4n) is 7.23. The summed E-state index contributed by atoms with van der Waals surface area (Å²) >= 11 is 0. The molecule has 0 aromatic heterocycles. The van der Waals surface area contributed by atoms with Crippen molar-refractivity contribution < 1.29 is 15.0 Å². The van der Waals surface area contributed by atoms with E-state index in [9.17, 15) is 15.0 Å². The average Bonchev–Trinajstić information content (AvgIpc) is 3.29. The molecule has 0 aliphatic heterocycles. The minimum Gasteiger partial charge on any atom is -0.394 e. The maximum absolute atomic E-state index is 12.4. The van der Waals surface area contributed by atoms with Crippen molar-refractivity contribution in [1.82, 2.24) is 5.32 Å². The molecule has 0 spiro atoms. The number of aliphatic hydroxyl groups excluding tert-OH is 2. The zero-order valence-electron chi connectivity index (χ0n) is 41.0. The average molecular weight is 870 g/mol. The maximum Gasteiger partial charge on any atom is 0.220 e. The summed E-state index contributed by atoms with van der Waals surface area (Å²) in [6.45, 7) is 4.17. The monoisotopic (exact) mass is 870 g/mol. The fourth-order valence-corrected chi connectivity index (χ4v) is 7.23. The molecule has 0 fully saturated rings. The van der Waals surface area contributed by atoms with Crippen molar-refractivity contribution in [2.75, 3.05) is 6.61 Å². The Kier molecular flexibility index (Phi) is 50.4. The van der Waals surface area contributed by atoms with Crippen molar-refractivity contribution in [2.24, 2.45) is 0 Å². The molecule has 0 aromatic carbocycles. The van der Waals surface area contributed by atoms with Crippen molar-refractivity contribution in [3.05, 3.63) is 122 Å². The zero-order valence-corrected chi connectivity index (χ0v) is 41.0.